The number of benzene rings is 1. The highest BCUT2D eigenvalue weighted by atomic mass is 16.2. The van der Waals surface area contributed by atoms with Crippen molar-refractivity contribution in [2.45, 2.75) is 32.2 Å². The number of nitrogens with zero attached hydrogens (tertiary/aromatic N) is 1. The van der Waals surface area contributed by atoms with Crippen LogP contribution in [0.4, 0.5) is 0 Å². The number of hydrogen-bond acceptors (Lipinski definition) is 2. The van der Waals surface area contributed by atoms with E-state index in [0.717, 1.165) is 12.8 Å². The smallest absolute Gasteiger partial charge is 0.244 e. The van der Waals surface area contributed by atoms with Crippen LogP contribution in [0.1, 0.15) is 25.3 Å². The molecule has 5 nitrogen and oxygen atoms in total. The molecule has 1 aromatic carbocycles. The third kappa shape index (κ3) is 5.90. The number of carbonyl (C=O) groups is 1. The van der Waals surface area contributed by atoms with Crippen molar-refractivity contribution in [3.8, 4) is 0 Å². The molecule has 0 spiro atoms. The molecule has 5 heteroatoms. The van der Waals surface area contributed by atoms with Gasteiger partial charge in [0.1, 0.15) is 6.04 Å². The fourth-order valence-electron chi connectivity index (χ4n) is 1.80. The van der Waals surface area contributed by atoms with E-state index in [-0.39, 0.29) is 11.9 Å². The highest BCUT2D eigenvalue weighted by Gasteiger charge is 2.15. The molecule has 1 aromatic rings. The van der Waals surface area contributed by atoms with Gasteiger partial charge in [0.15, 0.2) is 5.96 Å². The number of rotatable bonds is 7. The third-order valence-corrected chi connectivity index (χ3v) is 2.73. The normalized spacial score (nSPS) is 11.6. The molecule has 0 aliphatic heterocycles. The lowest BCUT2D eigenvalue weighted by molar-refractivity contribution is -0.122. The molecule has 0 radical (unpaired) electrons. The Morgan fingerprint density at radius 1 is 1.32 bits per heavy atom. The largest absolute Gasteiger partial charge is 0.370 e. The Morgan fingerprint density at radius 3 is 2.58 bits per heavy atom. The first-order valence-corrected chi connectivity index (χ1v) is 6.54. The molecule has 0 saturated carbocycles. The summed E-state index contributed by atoms with van der Waals surface area (Å²) in [7, 11) is 0. The lowest BCUT2D eigenvalue weighted by Crippen LogP contribution is -2.37. The van der Waals surface area contributed by atoms with E-state index in [1.54, 1.807) is 0 Å². The van der Waals surface area contributed by atoms with Gasteiger partial charge in [-0.05, 0) is 18.4 Å². The van der Waals surface area contributed by atoms with Crippen molar-refractivity contribution in [1.29, 1.82) is 0 Å². The van der Waals surface area contributed by atoms with Crippen molar-refractivity contribution in [3.63, 3.8) is 0 Å². The van der Waals surface area contributed by atoms with Crippen LogP contribution in [0, 0.1) is 0 Å². The van der Waals surface area contributed by atoms with Crippen molar-refractivity contribution in [2.24, 2.45) is 16.5 Å². The Bertz CT molecular complexity index is 413. The highest BCUT2D eigenvalue weighted by molar-refractivity contribution is 5.85. The quantitative estimate of drug-likeness (QED) is 0.501. The number of aliphatic imine (C=N–C) groups is 1. The molecule has 0 heterocycles. The van der Waals surface area contributed by atoms with Gasteiger partial charge in [0.05, 0.1) is 0 Å². The summed E-state index contributed by atoms with van der Waals surface area (Å²) in [5.41, 5.74) is 11.8. The molecule has 0 aromatic heterocycles. The summed E-state index contributed by atoms with van der Waals surface area (Å²) in [6.07, 6.45) is 2.30. The second-order valence-corrected chi connectivity index (χ2v) is 4.39. The molecule has 0 saturated heterocycles. The van der Waals surface area contributed by atoms with Crippen LogP contribution in [-0.4, -0.2) is 24.5 Å². The van der Waals surface area contributed by atoms with Gasteiger partial charge in [-0.1, -0.05) is 43.7 Å². The van der Waals surface area contributed by atoms with Crippen LogP contribution in [-0.2, 0) is 11.2 Å². The summed E-state index contributed by atoms with van der Waals surface area (Å²) in [6.45, 7) is 2.58. The number of carbonyl (C=O) groups excluding carboxylic acids is 1. The van der Waals surface area contributed by atoms with Gasteiger partial charge in [0.2, 0.25) is 5.91 Å². The fourth-order valence-corrected chi connectivity index (χ4v) is 1.80. The van der Waals surface area contributed by atoms with Gasteiger partial charge in [-0.15, -0.1) is 0 Å². The third-order valence-electron chi connectivity index (χ3n) is 2.73. The Kier molecular flexibility index (Phi) is 6.43. The van der Waals surface area contributed by atoms with Crippen LogP contribution >= 0.6 is 0 Å². The van der Waals surface area contributed by atoms with Crippen molar-refractivity contribution in [2.75, 3.05) is 6.54 Å². The van der Waals surface area contributed by atoms with Gasteiger partial charge in [-0.3, -0.25) is 4.79 Å². The van der Waals surface area contributed by atoms with E-state index >= 15 is 0 Å². The van der Waals surface area contributed by atoms with E-state index < -0.39 is 6.04 Å². The maximum absolute atomic E-state index is 11.9. The molecule has 0 bridgehead atoms. The van der Waals surface area contributed by atoms with Crippen molar-refractivity contribution >= 4 is 11.9 Å². The SMILES string of the molecule is CCCC(N=C(N)N)C(=O)NCCc1ccccc1. The lowest BCUT2D eigenvalue weighted by Gasteiger charge is -2.12. The summed E-state index contributed by atoms with van der Waals surface area (Å²) < 4.78 is 0. The first-order valence-electron chi connectivity index (χ1n) is 6.54. The standard InChI is InChI=1S/C14H22N4O/c1-2-6-12(18-14(15)16)13(19)17-10-9-11-7-4-3-5-8-11/h3-5,7-8,12H,2,6,9-10H2,1H3,(H,17,19)(H4,15,16,18). The minimum Gasteiger partial charge on any atom is -0.370 e. The number of nitrogens with one attached hydrogen (secondary N) is 1. The highest BCUT2D eigenvalue weighted by Crippen LogP contribution is 2.02. The molecule has 19 heavy (non-hydrogen) atoms. The summed E-state index contributed by atoms with van der Waals surface area (Å²) in [6, 6.07) is 9.52. The van der Waals surface area contributed by atoms with E-state index in [1.165, 1.54) is 5.56 Å². The number of guanidine groups is 1. The first kappa shape index (κ1) is 15.0. The zero-order valence-electron chi connectivity index (χ0n) is 11.3. The van der Waals surface area contributed by atoms with E-state index in [0.29, 0.717) is 13.0 Å². The second-order valence-electron chi connectivity index (χ2n) is 4.39. The first-order chi connectivity index (χ1) is 9.13. The van der Waals surface area contributed by atoms with Crippen LogP contribution in [0.25, 0.3) is 0 Å². The van der Waals surface area contributed by atoms with E-state index in [2.05, 4.69) is 10.3 Å². The molecule has 1 amide bonds. The van der Waals surface area contributed by atoms with Crippen LogP contribution in [0.3, 0.4) is 0 Å². The molecule has 0 aliphatic rings. The Morgan fingerprint density at radius 2 is 2.00 bits per heavy atom. The molecule has 0 aliphatic carbocycles. The fraction of sp³-hybridized carbons (Fsp3) is 0.429. The maximum atomic E-state index is 11.9. The van der Waals surface area contributed by atoms with Gasteiger partial charge in [0, 0.05) is 6.54 Å². The van der Waals surface area contributed by atoms with Crippen LogP contribution in [0.5, 0.6) is 0 Å². The van der Waals surface area contributed by atoms with Crippen LogP contribution < -0.4 is 16.8 Å². The number of amides is 1. The molecule has 5 N–H and O–H groups in total. The van der Waals surface area contributed by atoms with E-state index in [9.17, 15) is 4.79 Å². The topological polar surface area (TPSA) is 93.5 Å². The van der Waals surface area contributed by atoms with Gasteiger partial charge in [-0.2, -0.15) is 0 Å². The predicted octanol–water partition coefficient (Wildman–Crippen LogP) is 0.787. The molecule has 1 atom stereocenters. The van der Waals surface area contributed by atoms with Crippen molar-refractivity contribution in [3.05, 3.63) is 35.9 Å². The average Bonchev–Trinajstić information content (AvgIpc) is 2.39. The van der Waals surface area contributed by atoms with Crippen molar-refractivity contribution in [1.82, 2.24) is 5.32 Å². The maximum Gasteiger partial charge on any atom is 0.244 e. The van der Waals surface area contributed by atoms with Crippen molar-refractivity contribution < 1.29 is 4.79 Å². The lowest BCUT2D eigenvalue weighted by atomic mass is 10.1. The molecule has 0 fully saturated rings. The average molecular weight is 262 g/mol. The molecular formula is C14H22N4O. The van der Waals surface area contributed by atoms with Gasteiger partial charge < -0.3 is 16.8 Å². The molecule has 104 valence electrons. The zero-order chi connectivity index (χ0) is 14.1. The Hall–Kier alpha value is -2.04. The molecular weight excluding hydrogens is 240 g/mol. The van der Waals surface area contributed by atoms with Crippen LogP contribution in [0.2, 0.25) is 0 Å². The van der Waals surface area contributed by atoms with Gasteiger partial charge in [-0.25, -0.2) is 4.99 Å². The Labute approximate surface area is 114 Å². The number of hydrogen-bond donors (Lipinski definition) is 3. The molecule has 1 unspecified atom stereocenters. The Balaban J connectivity index is 2.42. The predicted molar refractivity (Wildman–Crippen MR) is 77.7 cm³/mol. The molecule has 1 rings (SSSR count). The van der Waals surface area contributed by atoms with Gasteiger partial charge in [0.25, 0.3) is 0 Å². The minimum absolute atomic E-state index is 0.0448. The van der Waals surface area contributed by atoms with Crippen LogP contribution in [0.15, 0.2) is 35.3 Å². The van der Waals surface area contributed by atoms with E-state index in [1.807, 2.05) is 37.3 Å². The summed E-state index contributed by atoms with van der Waals surface area (Å²) in [4.78, 5) is 15.9. The second kappa shape index (κ2) is 8.13. The summed E-state index contributed by atoms with van der Waals surface area (Å²) >= 11 is 0. The minimum atomic E-state index is -0.481. The number of nitrogens with two attached hydrogens (primary N) is 2. The zero-order valence-corrected chi connectivity index (χ0v) is 11.3. The van der Waals surface area contributed by atoms with E-state index in [4.69, 9.17) is 11.5 Å². The summed E-state index contributed by atoms with van der Waals surface area (Å²) in [5, 5.41) is 2.86. The summed E-state index contributed by atoms with van der Waals surface area (Å²) in [5.74, 6) is -0.164. The monoisotopic (exact) mass is 262 g/mol. The van der Waals surface area contributed by atoms with Gasteiger partial charge >= 0.3 is 0 Å².